The first kappa shape index (κ1) is 20.3. The predicted molar refractivity (Wildman–Crippen MR) is 114 cm³/mol. The fourth-order valence-electron chi connectivity index (χ4n) is 3.24. The summed E-state index contributed by atoms with van der Waals surface area (Å²) in [4.78, 5) is 14.7. The van der Waals surface area contributed by atoms with Gasteiger partial charge in [0.05, 0.1) is 28.7 Å². The molecular formula is C23H25N5O. The van der Waals surface area contributed by atoms with E-state index in [4.69, 9.17) is 0 Å². The molecule has 1 amide bonds. The van der Waals surface area contributed by atoms with Crippen LogP contribution in [-0.2, 0) is 11.3 Å². The maximum Gasteiger partial charge on any atom is 0.241 e. The van der Waals surface area contributed by atoms with Gasteiger partial charge in [0.2, 0.25) is 5.91 Å². The van der Waals surface area contributed by atoms with Crippen LogP contribution in [0, 0.1) is 25.2 Å². The molecule has 0 aliphatic heterocycles. The number of benzene rings is 2. The molecular weight excluding hydrogens is 362 g/mol. The zero-order chi connectivity index (χ0) is 21.0. The molecule has 1 heterocycles. The molecule has 0 aliphatic carbocycles. The molecule has 0 radical (unpaired) electrons. The van der Waals surface area contributed by atoms with Gasteiger partial charge in [0.1, 0.15) is 6.07 Å². The summed E-state index contributed by atoms with van der Waals surface area (Å²) in [6.45, 7) is 6.49. The molecule has 0 aliphatic rings. The number of carbonyl (C=O) groups is 1. The SMILES string of the molecule is Cc1nn(-c2ccccc2)c(C)c1CN(C)[C@H](C)C(=O)Nc1ccccc1C#N. The van der Waals surface area contributed by atoms with Gasteiger partial charge in [0.15, 0.2) is 0 Å². The summed E-state index contributed by atoms with van der Waals surface area (Å²) >= 11 is 0. The Morgan fingerprint density at radius 3 is 2.52 bits per heavy atom. The van der Waals surface area contributed by atoms with E-state index in [2.05, 4.69) is 16.5 Å². The molecule has 6 heteroatoms. The number of likely N-dealkylation sites (N-methyl/N-ethyl adjacent to an activating group) is 1. The molecule has 3 aromatic rings. The molecule has 29 heavy (non-hydrogen) atoms. The first-order valence-corrected chi connectivity index (χ1v) is 9.53. The standard InChI is InChI=1S/C23H25N5O/c1-16-21(17(2)28(26-16)20-11-6-5-7-12-20)15-27(4)18(3)23(29)25-22-13-9-8-10-19(22)14-24/h5-13,18H,15H2,1-4H3,(H,25,29)/t18-/m1/s1. The molecule has 0 fully saturated rings. The topological polar surface area (TPSA) is 74.0 Å². The zero-order valence-corrected chi connectivity index (χ0v) is 17.2. The van der Waals surface area contributed by atoms with Crippen molar-refractivity contribution < 1.29 is 4.79 Å². The Morgan fingerprint density at radius 1 is 1.17 bits per heavy atom. The van der Waals surface area contributed by atoms with Gasteiger partial charge >= 0.3 is 0 Å². The third kappa shape index (κ3) is 4.36. The van der Waals surface area contributed by atoms with Gasteiger partial charge in [-0.15, -0.1) is 0 Å². The van der Waals surface area contributed by atoms with Crippen molar-refractivity contribution in [2.45, 2.75) is 33.4 Å². The Morgan fingerprint density at radius 2 is 1.83 bits per heavy atom. The molecule has 1 N–H and O–H groups in total. The first-order chi connectivity index (χ1) is 13.9. The fraction of sp³-hybridized carbons (Fsp3) is 0.261. The summed E-state index contributed by atoms with van der Waals surface area (Å²) in [5, 5.41) is 16.8. The molecule has 148 valence electrons. The van der Waals surface area contributed by atoms with Crippen LogP contribution in [0.15, 0.2) is 54.6 Å². The van der Waals surface area contributed by atoms with E-state index in [-0.39, 0.29) is 11.9 Å². The maximum absolute atomic E-state index is 12.7. The van der Waals surface area contributed by atoms with Gasteiger partial charge in [0, 0.05) is 17.8 Å². The highest BCUT2D eigenvalue weighted by Crippen LogP contribution is 2.20. The molecule has 1 atom stereocenters. The zero-order valence-electron chi connectivity index (χ0n) is 17.2. The molecule has 0 saturated heterocycles. The van der Waals surface area contributed by atoms with E-state index in [1.54, 1.807) is 24.3 Å². The van der Waals surface area contributed by atoms with Crippen molar-refractivity contribution in [2.24, 2.45) is 0 Å². The fourth-order valence-corrected chi connectivity index (χ4v) is 3.24. The Bertz CT molecular complexity index is 1050. The number of rotatable bonds is 6. The number of anilines is 1. The average Bonchev–Trinajstić information content (AvgIpc) is 3.02. The average molecular weight is 387 g/mol. The van der Waals surface area contributed by atoms with Crippen LogP contribution in [0.3, 0.4) is 0 Å². The van der Waals surface area contributed by atoms with Gasteiger partial charge in [-0.05, 0) is 52.1 Å². The highest BCUT2D eigenvalue weighted by molar-refractivity contribution is 5.95. The van der Waals surface area contributed by atoms with Crippen molar-refractivity contribution in [3.05, 3.63) is 77.1 Å². The van der Waals surface area contributed by atoms with Crippen molar-refractivity contribution in [3.63, 3.8) is 0 Å². The summed E-state index contributed by atoms with van der Waals surface area (Å²) in [6.07, 6.45) is 0. The molecule has 2 aromatic carbocycles. The second kappa shape index (κ2) is 8.72. The lowest BCUT2D eigenvalue weighted by Crippen LogP contribution is -2.39. The van der Waals surface area contributed by atoms with Crippen LogP contribution in [0.1, 0.15) is 29.4 Å². The predicted octanol–water partition coefficient (Wildman–Crippen LogP) is 3.82. The number of carbonyl (C=O) groups excluding carboxylic acids is 1. The van der Waals surface area contributed by atoms with Crippen molar-refractivity contribution >= 4 is 11.6 Å². The first-order valence-electron chi connectivity index (χ1n) is 9.53. The summed E-state index contributed by atoms with van der Waals surface area (Å²) in [7, 11) is 1.92. The largest absolute Gasteiger partial charge is 0.324 e. The van der Waals surface area contributed by atoms with Gasteiger partial charge in [-0.3, -0.25) is 9.69 Å². The van der Waals surface area contributed by atoms with Crippen molar-refractivity contribution in [3.8, 4) is 11.8 Å². The molecule has 0 bridgehead atoms. The van der Waals surface area contributed by atoms with Crippen LogP contribution in [-0.4, -0.2) is 33.7 Å². The number of nitriles is 1. The van der Waals surface area contributed by atoms with Crippen molar-refractivity contribution in [1.29, 1.82) is 5.26 Å². The minimum atomic E-state index is -0.374. The van der Waals surface area contributed by atoms with E-state index < -0.39 is 0 Å². The van der Waals surface area contributed by atoms with E-state index in [1.807, 2.05) is 67.7 Å². The summed E-state index contributed by atoms with van der Waals surface area (Å²) in [5.74, 6) is -0.152. The maximum atomic E-state index is 12.7. The number of aromatic nitrogens is 2. The molecule has 6 nitrogen and oxygen atoms in total. The van der Waals surface area contributed by atoms with Gasteiger partial charge in [-0.1, -0.05) is 30.3 Å². The number of nitrogens with one attached hydrogen (secondary N) is 1. The number of aryl methyl sites for hydroxylation is 1. The number of hydrogen-bond donors (Lipinski definition) is 1. The van der Waals surface area contributed by atoms with Gasteiger partial charge < -0.3 is 5.32 Å². The second-order valence-corrected chi connectivity index (χ2v) is 7.13. The number of hydrogen-bond acceptors (Lipinski definition) is 4. The van der Waals surface area contributed by atoms with Crippen LogP contribution in [0.4, 0.5) is 5.69 Å². The Balaban J connectivity index is 1.74. The number of nitrogens with zero attached hydrogens (tertiary/aromatic N) is 4. The third-order valence-corrected chi connectivity index (χ3v) is 5.20. The Kier molecular flexibility index (Phi) is 6.10. The van der Waals surface area contributed by atoms with E-state index in [1.165, 1.54) is 0 Å². The molecule has 1 aromatic heterocycles. The summed E-state index contributed by atoms with van der Waals surface area (Å²) < 4.78 is 1.94. The lowest BCUT2D eigenvalue weighted by atomic mass is 10.1. The number of amides is 1. The highest BCUT2D eigenvalue weighted by Gasteiger charge is 2.22. The Labute approximate surface area is 171 Å². The third-order valence-electron chi connectivity index (χ3n) is 5.20. The molecule has 0 saturated carbocycles. The summed E-state index contributed by atoms with van der Waals surface area (Å²) in [6, 6.07) is 18.7. The highest BCUT2D eigenvalue weighted by atomic mass is 16.2. The second-order valence-electron chi connectivity index (χ2n) is 7.13. The van der Waals surface area contributed by atoms with Gasteiger partial charge in [-0.25, -0.2) is 4.68 Å². The summed E-state index contributed by atoms with van der Waals surface area (Å²) in [5.41, 5.74) is 5.11. The lowest BCUT2D eigenvalue weighted by molar-refractivity contribution is -0.120. The van der Waals surface area contributed by atoms with Gasteiger partial charge in [0.25, 0.3) is 0 Å². The molecule has 0 unspecified atom stereocenters. The van der Waals surface area contributed by atoms with E-state index in [0.29, 0.717) is 17.8 Å². The number of para-hydroxylation sites is 2. The monoisotopic (exact) mass is 387 g/mol. The molecule has 3 rings (SSSR count). The van der Waals surface area contributed by atoms with Crippen LogP contribution in [0.25, 0.3) is 5.69 Å². The van der Waals surface area contributed by atoms with E-state index in [0.717, 1.165) is 22.6 Å². The normalized spacial score (nSPS) is 11.9. The smallest absolute Gasteiger partial charge is 0.241 e. The van der Waals surface area contributed by atoms with Crippen molar-refractivity contribution in [1.82, 2.24) is 14.7 Å². The van der Waals surface area contributed by atoms with Crippen LogP contribution < -0.4 is 5.32 Å². The minimum absolute atomic E-state index is 0.152. The van der Waals surface area contributed by atoms with E-state index in [9.17, 15) is 10.1 Å². The quantitative estimate of drug-likeness (QED) is 0.698. The lowest BCUT2D eigenvalue weighted by Gasteiger charge is -2.24. The van der Waals surface area contributed by atoms with Crippen LogP contribution in [0.2, 0.25) is 0 Å². The van der Waals surface area contributed by atoms with Crippen LogP contribution in [0.5, 0.6) is 0 Å². The van der Waals surface area contributed by atoms with E-state index >= 15 is 0 Å². The van der Waals surface area contributed by atoms with Gasteiger partial charge in [-0.2, -0.15) is 10.4 Å². The van der Waals surface area contributed by atoms with Crippen molar-refractivity contribution in [2.75, 3.05) is 12.4 Å². The molecule has 0 spiro atoms. The minimum Gasteiger partial charge on any atom is -0.324 e. The Hall–Kier alpha value is -3.43. The van der Waals surface area contributed by atoms with Crippen LogP contribution >= 0.6 is 0 Å².